The molecule has 1 N–H and O–H groups in total. The minimum absolute atomic E-state index is 0.254. The third-order valence-electron chi connectivity index (χ3n) is 6.65. The van der Waals surface area contributed by atoms with Gasteiger partial charge in [-0.2, -0.15) is 11.8 Å². The van der Waals surface area contributed by atoms with Crippen molar-refractivity contribution in [2.45, 2.75) is 76.4 Å². The van der Waals surface area contributed by atoms with Crippen LogP contribution in [0.15, 0.2) is 0 Å². The van der Waals surface area contributed by atoms with Gasteiger partial charge in [0.2, 0.25) is 5.91 Å². The van der Waals surface area contributed by atoms with Crippen LogP contribution < -0.4 is 0 Å². The Kier molecular flexibility index (Phi) is 8.75. The van der Waals surface area contributed by atoms with Gasteiger partial charge in [-0.25, -0.2) is 5.06 Å². The fourth-order valence-corrected chi connectivity index (χ4v) is 6.40. The van der Waals surface area contributed by atoms with Gasteiger partial charge in [0.05, 0.1) is 12.2 Å². The molecule has 4 unspecified atom stereocenters. The second-order valence-corrected chi connectivity index (χ2v) is 9.70. The lowest BCUT2D eigenvalue weighted by molar-refractivity contribution is -0.159. The van der Waals surface area contributed by atoms with Gasteiger partial charge in [0.1, 0.15) is 0 Å². The molecule has 1 aliphatic carbocycles. The number of nitrogens with zero attached hydrogens (tertiary/aromatic N) is 1. The summed E-state index contributed by atoms with van der Waals surface area (Å²) >= 11 is 2.16. The zero-order valence-corrected chi connectivity index (χ0v) is 17.6. The second kappa shape index (κ2) is 11.0. The van der Waals surface area contributed by atoms with Crippen LogP contribution in [0.2, 0.25) is 0 Å². The summed E-state index contributed by atoms with van der Waals surface area (Å²) in [5.41, 5.74) is 0. The summed E-state index contributed by atoms with van der Waals surface area (Å²) in [6.45, 7) is 1.34. The molecule has 0 spiro atoms. The van der Waals surface area contributed by atoms with E-state index in [1.807, 2.05) is 0 Å². The number of amides is 1. The standard InChI is InChI=1S/C21H37NO4S/c1-22(24)21(23)7-4-12-25-13-10-17-18(20-9-8-19(17)26-20)11-14-27-15-16-5-2-3-6-16/h16-20,24H,2-15H2,1H3. The van der Waals surface area contributed by atoms with E-state index in [1.165, 1.54) is 63.5 Å². The van der Waals surface area contributed by atoms with Crippen molar-refractivity contribution in [3.05, 3.63) is 0 Å². The monoisotopic (exact) mass is 399 g/mol. The third kappa shape index (κ3) is 6.34. The Hall–Kier alpha value is -0.300. The Morgan fingerprint density at radius 1 is 1.11 bits per heavy atom. The van der Waals surface area contributed by atoms with Crippen LogP contribution in [-0.4, -0.2) is 60.2 Å². The van der Waals surface area contributed by atoms with E-state index in [0.717, 1.165) is 18.9 Å². The molecule has 4 atom stereocenters. The van der Waals surface area contributed by atoms with Crippen LogP contribution in [0.3, 0.4) is 0 Å². The van der Waals surface area contributed by atoms with Crippen molar-refractivity contribution < 1.29 is 19.5 Å². The van der Waals surface area contributed by atoms with Gasteiger partial charge in [0, 0.05) is 26.7 Å². The first-order valence-electron chi connectivity index (χ1n) is 10.9. The molecule has 0 aromatic rings. The van der Waals surface area contributed by atoms with Crippen molar-refractivity contribution in [2.24, 2.45) is 17.8 Å². The Morgan fingerprint density at radius 3 is 2.52 bits per heavy atom. The van der Waals surface area contributed by atoms with Crippen LogP contribution in [0.25, 0.3) is 0 Å². The van der Waals surface area contributed by atoms with E-state index in [2.05, 4.69) is 11.8 Å². The van der Waals surface area contributed by atoms with E-state index in [4.69, 9.17) is 14.7 Å². The van der Waals surface area contributed by atoms with Crippen LogP contribution in [0, 0.1) is 17.8 Å². The Balaban J connectivity index is 1.29. The number of rotatable bonds is 12. The molecule has 6 heteroatoms. The number of carbonyl (C=O) groups is 1. The number of carbonyl (C=O) groups excluding carboxylic acids is 1. The summed E-state index contributed by atoms with van der Waals surface area (Å²) in [7, 11) is 1.37. The highest BCUT2D eigenvalue weighted by Gasteiger charge is 2.47. The largest absolute Gasteiger partial charge is 0.381 e. The maximum atomic E-state index is 11.3. The van der Waals surface area contributed by atoms with Gasteiger partial charge in [-0.1, -0.05) is 12.8 Å². The highest BCUT2D eigenvalue weighted by molar-refractivity contribution is 7.99. The van der Waals surface area contributed by atoms with E-state index >= 15 is 0 Å². The number of hydroxylamine groups is 2. The minimum atomic E-state index is -0.254. The van der Waals surface area contributed by atoms with E-state index in [0.29, 0.717) is 48.6 Å². The smallest absolute Gasteiger partial charge is 0.245 e. The lowest BCUT2D eigenvalue weighted by atomic mass is 9.76. The second-order valence-electron chi connectivity index (χ2n) is 8.55. The molecule has 3 rings (SSSR count). The minimum Gasteiger partial charge on any atom is -0.381 e. The first-order chi connectivity index (χ1) is 13.1. The molecule has 0 radical (unpaired) electrons. The first kappa shape index (κ1) is 21.4. The van der Waals surface area contributed by atoms with Crippen LogP contribution in [-0.2, 0) is 14.3 Å². The maximum absolute atomic E-state index is 11.3. The highest BCUT2D eigenvalue weighted by atomic mass is 32.2. The van der Waals surface area contributed by atoms with Gasteiger partial charge >= 0.3 is 0 Å². The van der Waals surface area contributed by atoms with Crippen molar-refractivity contribution >= 4 is 17.7 Å². The van der Waals surface area contributed by atoms with Crippen LogP contribution in [0.4, 0.5) is 0 Å². The molecule has 3 fully saturated rings. The zero-order chi connectivity index (χ0) is 19.1. The fraction of sp³-hybridized carbons (Fsp3) is 0.952. The quantitative estimate of drug-likeness (QED) is 0.304. The van der Waals surface area contributed by atoms with Crippen molar-refractivity contribution in [2.75, 3.05) is 31.8 Å². The van der Waals surface area contributed by atoms with Gasteiger partial charge in [0.25, 0.3) is 0 Å². The normalized spacial score (nSPS) is 30.3. The number of fused-ring (bicyclic) bond motifs is 2. The van der Waals surface area contributed by atoms with Crippen molar-refractivity contribution in [3.8, 4) is 0 Å². The predicted octanol–water partition coefficient (Wildman–Crippen LogP) is 4.13. The summed E-state index contributed by atoms with van der Waals surface area (Å²) in [4.78, 5) is 11.3. The summed E-state index contributed by atoms with van der Waals surface area (Å²) in [5.74, 6) is 4.73. The molecular weight excluding hydrogens is 362 g/mol. The number of thioether (sulfide) groups is 1. The summed E-state index contributed by atoms with van der Waals surface area (Å²) in [5, 5.41) is 9.69. The van der Waals surface area contributed by atoms with E-state index in [9.17, 15) is 4.79 Å². The molecule has 3 aliphatic rings. The van der Waals surface area contributed by atoms with Gasteiger partial charge in [0.15, 0.2) is 0 Å². The SMILES string of the molecule is CN(O)C(=O)CCCOCCC1C2CCC(O2)C1CCSCC1CCCC1. The van der Waals surface area contributed by atoms with Crippen LogP contribution in [0.1, 0.15) is 64.2 Å². The summed E-state index contributed by atoms with van der Waals surface area (Å²) in [6, 6.07) is 0. The topological polar surface area (TPSA) is 59.0 Å². The Morgan fingerprint density at radius 2 is 1.81 bits per heavy atom. The van der Waals surface area contributed by atoms with E-state index in [-0.39, 0.29) is 5.91 Å². The molecule has 27 heavy (non-hydrogen) atoms. The van der Waals surface area contributed by atoms with Crippen molar-refractivity contribution in [3.63, 3.8) is 0 Å². The van der Waals surface area contributed by atoms with Crippen molar-refractivity contribution in [1.82, 2.24) is 5.06 Å². The highest BCUT2D eigenvalue weighted by Crippen LogP contribution is 2.47. The van der Waals surface area contributed by atoms with Crippen LogP contribution in [0.5, 0.6) is 0 Å². The number of hydrogen-bond acceptors (Lipinski definition) is 5. The van der Waals surface area contributed by atoms with Gasteiger partial charge in [-0.15, -0.1) is 0 Å². The fourth-order valence-electron chi connectivity index (χ4n) is 5.13. The molecule has 2 aliphatic heterocycles. The third-order valence-corrected chi connectivity index (χ3v) is 7.88. The first-order valence-corrected chi connectivity index (χ1v) is 12.1. The van der Waals surface area contributed by atoms with E-state index < -0.39 is 0 Å². The predicted molar refractivity (Wildman–Crippen MR) is 108 cm³/mol. The molecule has 2 heterocycles. The Bertz CT molecular complexity index is 455. The molecule has 1 amide bonds. The average Bonchev–Trinajstić information content (AvgIpc) is 3.39. The summed E-state index contributed by atoms with van der Waals surface area (Å²) < 4.78 is 12.0. The number of ether oxygens (including phenoxy) is 2. The molecule has 5 nitrogen and oxygen atoms in total. The molecular formula is C21H37NO4S. The number of hydrogen-bond donors (Lipinski definition) is 1. The molecule has 2 saturated heterocycles. The van der Waals surface area contributed by atoms with Crippen molar-refractivity contribution in [1.29, 1.82) is 0 Å². The van der Waals surface area contributed by atoms with E-state index in [1.54, 1.807) is 0 Å². The van der Waals surface area contributed by atoms with Crippen LogP contribution >= 0.6 is 11.8 Å². The zero-order valence-electron chi connectivity index (χ0n) is 16.8. The van der Waals surface area contributed by atoms with Gasteiger partial charge in [-0.3, -0.25) is 10.0 Å². The maximum Gasteiger partial charge on any atom is 0.245 e. The Labute approximate surface area is 168 Å². The van der Waals surface area contributed by atoms with Gasteiger partial charge in [-0.05, 0) is 74.2 Å². The molecule has 1 saturated carbocycles. The van der Waals surface area contributed by atoms with Gasteiger partial charge < -0.3 is 9.47 Å². The average molecular weight is 400 g/mol. The molecule has 0 aromatic carbocycles. The molecule has 0 aromatic heterocycles. The molecule has 2 bridgehead atoms. The lowest BCUT2D eigenvalue weighted by Gasteiger charge is -2.28. The molecule has 156 valence electrons. The summed E-state index contributed by atoms with van der Waals surface area (Å²) in [6.07, 6.45) is 12.6. The lowest BCUT2D eigenvalue weighted by Crippen LogP contribution is -2.29.